The Hall–Kier alpha value is -2.88. The van der Waals surface area contributed by atoms with Gasteiger partial charge in [0, 0.05) is 11.8 Å². The number of hydrogen-bond acceptors (Lipinski definition) is 4. The van der Waals surface area contributed by atoms with Crippen molar-refractivity contribution in [3.8, 4) is 0 Å². The van der Waals surface area contributed by atoms with Crippen LogP contribution in [0.1, 0.15) is 16.7 Å². The lowest BCUT2D eigenvalue weighted by atomic mass is 10.1. The molecule has 2 rings (SSSR count). The van der Waals surface area contributed by atoms with Crippen molar-refractivity contribution in [3.63, 3.8) is 0 Å². The van der Waals surface area contributed by atoms with Crippen LogP contribution in [-0.2, 0) is 6.18 Å². The van der Waals surface area contributed by atoms with Gasteiger partial charge in [0.2, 0.25) is 0 Å². The second-order valence-corrected chi connectivity index (χ2v) is 5.98. The fraction of sp³-hybridized carbons (Fsp3) is 0.188. The summed E-state index contributed by atoms with van der Waals surface area (Å²) in [7, 11) is 0. The number of anilines is 2. The van der Waals surface area contributed by atoms with E-state index in [0.717, 1.165) is 23.3 Å². The van der Waals surface area contributed by atoms with Crippen molar-refractivity contribution in [1.82, 2.24) is 5.43 Å². The van der Waals surface area contributed by atoms with E-state index in [1.54, 1.807) is 0 Å². The average molecular weight is 384 g/mol. The molecule has 0 saturated heterocycles. The van der Waals surface area contributed by atoms with Crippen LogP contribution >= 0.6 is 12.2 Å². The molecule has 10 heteroatoms. The minimum Gasteiger partial charge on any atom is -0.331 e. The number of rotatable bonds is 4. The van der Waals surface area contributed by atoms with Gasteiger partial charge in [-0.15, -0.1) is 0 Å². The van der Waals surface area contributed by atoms with E-state index in [-0.39, 0.29) is 10.8 Å². The lowest BCUT2D eigenvalue weighted by Crippen LogP contribution is -2.33. The molecule has 26 heavy (non-hydrogen) atoms. The van der Waals surface area contributed by atoms with Gasteiger partial charge in [0.15, 0.2) is 5.11 Å². The number of aryl methyl sites for hydroxylation is 2. The normalized spacial score (nSPS) is 11.0. The molecule has 0 fully saturated rings. The van der Waals surface area contributed by atoms with Crippen LogP contribution in [0, 0.1) is 24.0 Å². The zero-order valence-corrected chi connectivity index (χ0v) is 14.6. The van der Waals surface area contributed by atoms with Gasteiger partial charge in [0.1, 0.15) is 5.69 Å². The van der Waals surface area contributed by atoms with E-state index in [0.29, 0.717) is 11.8 Å². The number of nitro benzene ring substituents is 1. The SMILES string of the molecule is Cc1cc(C)cc(NC(=S)NNc2ccc(C(F)(F)F)cc2[N+](=O)[O-])c1. The van der Waals surface area contributed by atoms with Gasteiger partial charge < -0.3 is 5.32 Å². The summed E-state index contributed by atoms with van der Waals surface area (Å²) in [6.07, 6.45) is -4.67. The zero-order valence-electron chi connectivity index (χ0n) is 13.8. The number of hydrazine groups is 1. The van der Waals surface area contributed by atoms with E-state index in [1.165, 1.54) is 0 Å². The van der Waals surface area contributed by atoms with Crippen LogP contribution in [0.15, 0.2) is 36.4 Å². The van der Waals surface area contributed by atoms with Gasteiger partial charge in [-0.3, -0.25) is 21.0 Å². The Morgan fingerprint density at radius 2 is 1.73 bits per heavy atom. The first-order chi connectivity index (χ1) is 12.1. The molecular weight excluding hydrogens is 369 g/mol. The van der Waals surface area contributed by atoms with Crippen molar-refractivity contribution in [3.05, 3.63) is 63.2 Å². The van der Waals surface area contributed by atoms with Crippen LogP contribution in [-0.4, -0.2) is 10.0 Å². The van der Waals surface area contributed by atoms with Crippen molar-refractivity contribution in [2.24, 2.45) is 0 Å². The first kappa shape index (κ1) is 19.4. The summed E-state index contributed by atoms with van der Waals surface area (Å²) >= 11 is 5.08. The number of alkyl halides is 3. The molecule has 0 heterocycles. The maximum Gasteiger partial charge on any atom is 0.416 e. The molecule has 0 amide bonds. The van der Waals surface area contributed by atoms with Crippen molar-refractivity contribution >= 4 is 34.4 Å². The quantitative estimate of drug-likeness (QED) is 0.408. The Balaban J connectivity index is 2.10. The fourth-order valence-electron chi connectivity index (χ4n) is 2.30. The molecule has 0 atom stereocenters. The highest BCUT2D eigenvalue weighted by Crippen LogP contribution is 2.34. The third-order valence-corrected chi connectivity index (χ3v) is 3.52. The first-order valence-electron chi connectivity index (χ1n) is 7.33. The molecule has 0 aromatic heterocycles. The standard InChI is InChI=1S/C16H15F3N4O2S/c1-9-5-10(2)7-12(6-9)20-15(26)22-21-13-4-3-11(16(17,18)19)8-14(13)23(24)25/h3-8,21H,1-2H3,(H2,20,22,26). The molecule has 0 aliphatic heterocycles. The molecule has 0 aliphatic carbocycles. The lowest BCUT2D eigenvalue weighted by molar-refractivity contribution is -0.384. The number of nitro groups is 1. The van der Waals surface area contributed by atoms with Gasteiger partial charge in [-0.1, -0.05) is 6.07 Å². The highest BCUT2D eigenvalue weighted by atomic mass is 32.1. The van der Waals surface area contributed by atoms with Gasteiger partial charge in [0.25, 0.3) is 5.69 Å². The van der Waals surface area contributed by atoms with Gasteiger partial charge >= 0.3 is 6.18 Å². The number of nitrogens with zero attached hydrogens (tertiary/aromatic N) is 1. The Morgan fingerprint density at radius 1 is 1.12 bits per heavy atom. The largest absolute Gasteiger partial charge is 0.416 e. The Kier molecular flexibility index (Phi) is 5.66. The number of thiocarbonyl (C=S) groups is 1. The van der Waals surface area contributed by atoms with Crippen molar-refractivity contribution in [2.45, 2.75) is 20.0 Å². The van der Waals surface area contributed by atoms with E-state index < -0.39 is 22.4 Å². The molecule has 138 valence electrons. The van der Waals surface area contributed by atoms with E-state index in [4.69, 9.17) is 12.2 Å². The first-order valence-corrected chi connectivity index (χ1v) is 7.74. The molecular formula is C16H15F3N4O2S. The number of benzene rings is 2. The van der Waals surface area contributed by atoms with Crippen LogP contribution in [0.4, 0.5) is 30.2 Å². The molecule has 0 spiro atoms. The monoisotopic (exact) mass is 384 g/mol. The highest BCUT2D eigenvalue weighted by molar-refractivity contribution is 7.80. The Bertz CT molecular complexity index is 836. The van der Waals surface area contributed by atoms with Crippen LogP contribution < -0.4 is 16.2 Å². The summed E-state index contributed by atoms with van der Waals surface area (Å²) in [4.78, 5) is 10.1. The molecule has 0 radical (unpaired) electrons. The maximum atomic E-state index is 12.7. The lowest BCUT2D eigenvalue weighted by Gasteiger charge is -2.14. The molecule has 3 N–H and O–H groups in total. The summed E-state index contributed by atoms with van der Waals surface area (Å²) < 4.78 is 38.1. The molecule has 2 aromatic rings. The van der Waals surface area contributed by atoms with Crippen LogP contribution in [0.3, 0.4) is 0 Å². The van der Waals surface area contributed by atoms with E-state index >= 15 is 0 Å². The Morgan fingerprint density at radius 3 is 2.27 bits per heavy atom. The minimum absolute atomic E-state index is 0.101. The topological polar surface area (TPSA) is 79.2 Å². The van der Waals surface area contributed by atoms with Crippen molar-refractivity contribution in [2.75, 3.05) is 10.7 Å². The van der Waals surface area contributed by atoms with Crippen molar-refractivity contribution in [1.29, 1.82) is 0 Å². The van der Waals surface area contributed by atoms with Gasteiger partial charge in [-0.05, 0) is 61.5 Å². The van der Waals surface area contributed by atoms with Gasteiger partial charge in [-0.2, -0.15) is 13.2 Å². The summed E-state index contributed by atoms with van der Waals surface area (Å²) in [5.41, 5.74) is 5.75. The maximum absolute atomic E-state index is 12.7. The summed E-state index contributed by atoms with van der Waals surface area (Å²) in [5, 5.41) is 14.0. The molecule has 2 aromatic carbocycles. The molecule has 6 nitrogen and oxygen atoms in total. The predicted octanol–water partition coefficient (Wildman–Crippen LogP) is 4.54. The molecule has 0 saturated carbocycles. The number of halogens is 3. The summed E-state index contributed by atoms with van der Waals surface area (Å²) in [6, 6.07) is 7.85. The van der Waals surface area contributed by atoms with Crippen LogP contribution in [0.5, 0.6) is 0 Å². The third kappa shape index (κ3) is 5.06. The number of nitrogens with one attached hydrogen (secondary N) is 3. The number of hydrogen-bond donors (Lipinski definition) is 3. The van der Waals surface area contributed by atoms with Gasteiger partial charge in [0.05, 0.1) is 10.5 Å². The minimum atomic E-state index is -4.67. The summed E-state index contributed by atoms with van der Waals surface area (Å²) in [6.45, 7) is 3.83. The third-order valence-electron chi connectivity index (χ3n) is 3.31. The second-order valence-electron chi connectivity index (χ2n) is 5.57. The second kappa shape index (κ2) is 7.56. The summed E-state index contributed by atoms with van der Waals surface area (Å²) in [5.74, 6) is 0. The molecule has 0 unspecified atom stereocenters. The zero-order chi connectivity index (χ0) is 19.5. The smallest absolute Gasteiger partial charge is 0.331 e. The molecule has 0 bridgehead atoms. The predicted molar refractivity (Wildman–Crippen MR) is 97.0 cm³/mol. The fourth-order valence-corrected chi connectivity index (χ4v) is 2.47. The van der Waals surface area contributed by atoms with Gasteiger partial charge in [-0.25, -0.2) is 0 Å². The van der Waals surface area contributed by atoms with E-state index in [9.17, 15) is 23.3 Å². The van der Waals surface area contributed by atoms with Crippen LogP contribution in [0.25, 0.3) is 0 Å². The van der Waals surface area contributed by atoms with Crippen molar-refractivity contribution < 1.29 is 18.1 Å². The average Bonchev–Trinajstić information content (AvgIpc) is 2.50. The van der Waals surface area contributed by atoms with E-state index in [1.807, 2.05) is 32.0 Å². The highest BCUT2D eigenvalue weighted by Gasteiger charge is 2.33. The van der Waals surface area contributed by atoms with Crippen LogP contribution in [0.2, 0.25) is 0 Å². The Labute approximate surface area is 152 Å². The molecule has 0 aliphatic rings. The van der Waals surface area contributed by atoms with E-state index in [2.05, 4.69) is 16.2 Å².